The lowest BCUT2D eigenvalue weighted by molar-refractivity contribution is 0.174. The number of hydrogen-bond donors (Lipinski definition) is 2. The number of benzene rings is 2. The first kappa shape index (κ1) is 14.7. The molecule has 0 fully saturated rings. The van der Waals surface area contributed by atoms with E-state index < -0.39 is 6.10 Å². The first-order chi connectivity index (χ1) is 9.16. The second kappa shape index (κ2) is 7.20. The van der Waals surface area contributed by atoms with Gasteiger partial charge in [0.1, 0.15) is 0 Å². The Morgan fingerprint density at radius 3 is 2.42 bits per heavy atom. The first-order valence-electron chi connectivity index (χ1n) is 6.04. The molecule has 4 heteroatoms. The van der Waals surface area contributed by atoms with Gasteiger partial charge in [0.15, 0.2) is 0 Å². The maximum absolute atomic E-state index is 10.0. The summed E-state index contributed by atoms with van der Waals surface area (Å²) in [6.45, 7) is 1.27. The minimum absolute atomic E-state index is 0.472. The van der Waals surface area contributed by atoms with Crippen LogP contribution in [0, 0.1) is 0 Å². The lowest BCUT2D eigenvalue weighted by Gasteiger charge is -2.12. The molecular weight excluding hydrogens is 370 g/mol. The van der Waals surface area contributed by atoms with Gasteiger partial charge >= 0.3 is 0 Å². The van der Waals surface area contributed by atoms with Crippen LogP contribution in [0.5, 0.6) is 0 Å². The number of aliphatic hydroxyl groups excluding tert-OH is 1. The summed E-state index contributed by atoms with van der Waals surface area (Å²) >= 11 is 6.92. The molecule has 2 nitrogen and oxygen atoms in total. The number of halogens is 2. The molecule has 0 aliphatic carbocycles. The number of hydrogen-bond acceptors (Lipinski definition) is 2. The lowest BCUT2D eigenvalue weighted by Crippen LogP contribution is -2.21. The summed E-state index contributed by atoms with van der Waals surface area (Å²) in [5.41, 5.74) is 2.11. The smallest absolute Gasteiger partial charge is 0.0914 e. The van der Waals surface area contributed by atoms with E-state index in [1.165, 1.54) is 5.56 Å². The first-order valence-corrected chi connectivity index (χ1v) is 7.63. The molecule has 2 rings (SSSR count). The summed E-state index contributed by atoms with van der Waals surface area (Å²) in [5.74, 6) is 0. The van der Waals surface area contributed by atoms with Crippen LogP contribution >= 0.6 is 31.9 Å². The van der Waals surface area contributed by atoms with Crippen LogP contribution < -0.4 is 5.32 Å². The van der Waals surface area contributed by atoms with Crippen molar-refractivity contribution in [2.24, 2.45) is 0 Å². The van der Waals surface area contributed by atoms with E-state index in [0.29, 0.717) is 6.54 Å². The SMILES string of the molecule is OC(CNCc1ccc(Br)c(Br)c1)c1ccccc1. The van der Waals surface area contributed by atoms with Gasteiger partial charge in [0.25, 0.3) is 0 Å². The maximum Gasteiger partial charge on any atom is 0.0914 e. The van der Waals surface area contributed by atoms with Gasteiger partial charge < -0.3 is 10.4 Å². The molecule has 0 radical (unpaired) electrons. The predicted octanol–water partition coefficient (Wildman–Crippen LogP) is 4.03. The minimum atomic E-state index is -0.472. The minimum Gasteiger partial charge on any atom is -0.387 e. The summed E-state index contributed by atoms with van der Waals surface area (Å²) in [5, 5.41) is 13.3. The van der Waals surface area contributed by atoms with Crippen molar-refractivity contribution in [1.82, 2.24) is 5.32 Å². The van der Waals surface area contributed by atoms with Gasteiger partial charge in [0.2, 0.25) is 0 Å². The number of nitrogens with one attached hydrogen (secondary N) is 1. The van der Waals surface area contributed by atoms with Gasteiger partial charge in [-0.3, -0.25) is 0 Å². The van der Waals surface area contributed by atoms with Gasteiger partial charge in [-0.15, -0.1) is 0 Å². The highest BCUT2D eigenvalue weighted by atomic mass is 79.9. The third-order valence-corrected chi connectivity index (χ3v) is 4.71. The van der Waals surface area contributed by atoms with Crippen molar-refractivity contribution in [2.75, 3.05) is 6.54 Å². The Hall–Kier alpha value is -0.680. The summed E-state index contributed by atoms with van der Waals surface area (Å²) < 4.78 is 2.08. The van der Waals surface area contributed by atoms with Crippen LogP contribution in [-0.2, 0) is 6.54 Å². The van der Waals surface area contributed by atoms with E-state index in [-0.39, 0.29) is 0 Å². The van der Waals surface area contributed by atoms with Gasteiger partial charge in [-0.25, -0.2) is 0 Å². The molecule has 0 aliphatic rings. The van der Waals surface area contributed by atoms with Gasteiger partial charge in [0, 0.05) is 22.0 Å². The molecule has 2 N–H and O–H groups in total. The third-order valence-electron chi connectivity index (χ3n) is 2.84. The van der Waals surface area contributed by atoms with E-state index in [1.807, 2.05) is 36.4 Å². The normalized spacial score (nSPS) is 12.4. The van der Waals surface area contributed by atoms with Crippen molar-refractivity contribution in [2.45, 2.75) is 12.6 Å². The van der Waals surface area contributed by atoms with Crippen molar-refractivity contribution in [3.63, 3.8) is 0 Å². The molecule has 0 amide bonds. The summed E-state index contributed by atoms with van der Waals surface area (Å²) in [4.78, 5) is 0. The van der Waals surface area contributed by atoms with Gasteiger partial charge in [-0.2, -0.15) is 0 Å². The van der Waals surface area contributed by atoms with E-state index >= 15 is 0 Å². The van der Waals surface area contributed by atoms with Crippen LogP contribution in [0.25, 0.3) is 0 Å². The molecule has 1 unspecified atom stereocenters. The Morgan fingerprint density at radius 1 is 1.00 bits per heavy atom. The monoisotopic (exact) mass is 383 g/mol. The topological polar surface area (TPSA) is 32.3 Å². The third kappa shape index (κ3) is 4.42. The molecule has 0 aliphatic heterocycles. The predicted molar refractivity (Wildman–Crippen MR) is 85.0 cm³/mol. The highest BCUT2D eigenvalue weighted by Crippen LogP contribution is 2.23. The molecule has 0 aromatic heterocycles. The molecule has 0 saturated carbocycles. The molecule has 0 heterocycles. The molecule has 0 saturated heterocycles. The Morgan fingerprint density at radius 2 is 1.74 bits per heavy atom. The van der Waals surface area contributed by atoms with Crippen LogP contribution in [0.1, 0.15) is 17.2 Å². The molecule has 1 atom stereocenters. The quantitative estimate of drug-likeness (QED) is 0.815. The van der Waals surface area contributed by atoms with E-state index in [9.17, 15) is 5.11 Å². The zero-order valence-corrected chi connectivity index (χ0v) is 13.5. The van der Waals surface area contributed by atoms with Crippen molar-refractivity contribution in [1.29, 1.82) is 0 Å². The second-order valence-electron chi connectivity index (χ2n) is 4.31. The molecular formula is C15H15Br2NO. The largest absolute Gasteiger partial charge is 0.387 e. The standard InChI is InChI=1S/C15H15Br2NO/c16-13-7-6-11(8-14(13)17)9-18-10-15(19)12-4-2-1-3-5-12/h1-8,15,18-19H,9-10H2. The molecule has 0 bridgehead atoms. The maximum atomic E-state index is 10.0. The van der Waals surface area contributed by atoms with Crippen LogP contribution in [-0.4, -0.2) is 11.7 Å². The van der Waals surface area contributed by atoms with Gasteiger partial charge in [0.05, 0.1) is 6.10 Å². The highest BCUT2D eigenvalue weighted by molar-refractivity contribution is 9.13. The molecule has 2 aromatic rings. The molecule has 2 aromatic carbocycles. The molecule has 0 spiro atoms. The van der Waals surface area contributed by atoms with E-state index in [0.717, 1.165) is 21.1 Å². The van der Waals surface area contributed by atoms with Crippen molar-refractivity contribution < 1.29 is 5.11 Å². The Bertz CT molecular complexity index is 531. The average molecular weight is 385 g/mol. The molecule has 19 heavy (non-hydrogen) atoms. The summed E-state index contributed by atoms with van der Waals surface area (Å²) in [7, 11) is 0. The Balaban J connectivity index is 1.85. The lowest BCUT2D eigenvalue weighted by atomic mass is 10.1. The van der Waals surface area contributed by atoms with Crippen molar-refractivity contribution in [3.05, 3.63) is 68.6 Å². The fraction of sp³-hybridized carbons (Fsp3) is 0.200. The highest BCUT2D eigenvalue weighted by Gasteiger charge is 2.06. The van der Waals surface area contributed by atoms with E-state index in [4.69, 9.17) is 0 Å². The number of aliphatic hydroxyl groups is 1. The zero-order chi connectivity index (χ0) is 13.7. The fourth-order valence-electron chi connectivity index (χ4n) is 1.80. The van der Waals surface area contributed by atoms with Crippen LogP contribution in [0.4, 0.5) is 0 Å². The van der Waals surface area contributed by atoms with Crippen LogP contribution in [0.15, 0.2) is 57.5 Å². The fourth-order valence-corrected chi connectivity index (χ4v) is 2.47. The van der Waals surface area contributed by atoms with Crippen LogP contribution in [0.2, 0.25) is 0 Å². The van der Waals surface area contributed by atoms with Crippen LogP contribution in [0.3, 0.4) is 0 Å². The second-order valence-corrected chi connectivity index (χ2v) is 6.01. The molecule has 100 valence electrons. The summed E-state index contributed by atoms with van der Waals surface area (Å²) in [6.07, 6.45) is -0.472. The average Bonchev–Trinajstić information content (AvgIpc) is 2.43. The Kier molecular flexibility index (Phi) is 5.58. The van der Waals surface area contributed by atoms with Crippen molar-refractivity contribution in [3.8, 4) is 0 Å². The Labute approximate surface area is 130 Å². The van der Waals surface area contributed by atoms with E-state index in [2.05, 4.69) is 49.3 Å². The number of rotatable bonds is 5. The van der Waals surface area contributed by atoms with E-state index in [1.54, 1.807) is 0 Å². The zero-order valence-electron chi connectivity index (χ0n) is 10.3. The van der Waals surface area contributed by atoms with Crippen molar-refractivity contribution >= 4 is 31.9 Å². The van der Waals surface area contributed by atoms with Gasteiger partial charge in [-0.1, -0.05) is 36.4 Å². The summed E-state index contributed by atoms with van der Waals surface area (Å²) in [6, 6.07) is 15.8. The van der Waals surface area contributed by atoms with Gasteiger partial charge in [-0.05, 0) is 55.1 Å².